The van der Waals surface area contributed by atoms with Crippen molar-refractivity contribution < 1.29 is 13.6 Å². The summed E-state index contributed by atoms with van der Waals surface area (Å²) < 4.78 is 28.8. The Balaban J connectivity index is 1.44. The van der Waals surface area contributed by atoms with Gasteiger partial charge >= 0.3 is 0 Å². The van der Waals surface area contributed by atoms with E-state index >= 15 is 0 Å². The highest BCUT2D eigenvalue weighted by molar-refractivity contribution is 7.80. The molecule has 10 heteroatoms. The fraction of sp³-hybridized carbons (Fsp3) is 0.261. The predicted octanol–water partition coefficient (Wildman–Crippen LogP) is 4.12. The normalized spacial score (nSPS) is 18.1. The molecule has 0 spiro atoms. The molecule has 0 fully saturated rings. The number of hydrogen-bond acceptors (Lipinski definition) is 4. The second-order valence-electron chi connectivity index (χ2n) is 7.78. The Kier molecular flexibility index (Phi) is 6.83. The zero-order chi connectivity index (χ0) is 23.4. The Morgan fingerprint density at radius 2 is 1.79 bits per heavy atom. The quantitative estimate of drug-likeness (QED) is 0.332. The second-order valence-corrected chi connectivity index (χ2v) is 8.19. The van der Waals surface area contributed by atoms with Crippen molar-refractivity contribution in [1.29, 1.82) is 0 Å². The minimum atomic E-state index is -2.62. The molecule has 0 aliphatic carbocycles. The molecule has 7 nitrogen and oxygen atoms in total. The van der Waals surface area contributed by atoms with Gasteiger partial charge in [0.1, 0.15) is 17.4 Å². The van der Waals surface area contributed by atoms with Crippen LogP contribution in [0, 0.1) is 0 Å². The monoisotopic (exact) mass is 470 g/mol. The van der Waals surface area contributed by atoms with Crippen LogP contribution in [0.25, 0.3) is 0 Å². The van der Waals surface area contributed by atoms with Gasteiger partial charge in [0.2, 0.25) is 0 Å². The summed E-state index contributed by atoms with van der Waals surface area (Å²) in [5.41, 5.74) is 7.22. The number of rotatable bonds is 5. The van der Waals surface area contributed by atoms with Crippen LogP contribution < -0.4 is 21.5 Å². The number of halogens is 2. The fourth-order valence-electron chi connectivity index (χ4n) is 3.84. The number of nitrogens with one attached hydrogen (secondary N) is 4. The second kappa shape index (κ2) is 9.95. The average molecular weight is 471 g/mol. The standard InChI is InChI=1S/C23H24F2N6OS/c1-14(15-8-4-2-5-9-15)27-23(33)30-29-22(32)17-13-26-31-19(20(24)25)12-18(28-21(17)31)16-10-6-3-7-11-16/h2-11,13-14,18-20,28H,12H2,1H3,(H,29,32)(H2,27,30,33)/t14-,18-,19+/m0/s1. The van der Waals surface area contributed by atoms with Gasteiger partial charge in [-0.2, -0.15) is 5.10 Å². The van der Waals surface area contributed by atoms with E-state index in [2.05, 4.69) is 26.6 Å². The molecule has 1 aromatic heterocycles. The minimum Gasteiger partial charge on any atom is -0.363 e. The minimum absolute atomic E-state index is 0.0768. The van der Waals surface area contributed by atoms with Gasteiger partial charge in [0.15, 0.2) is 5.11 Å². The van der Waals surface area contributed by atoms with Crippen LogP contribution in [0.3, 0.4) is 0 Å². The number of alkyl halides is 2. The van der Waals surface area contributed by atoms with Crippen molar-refractivity contribution in [2.24, 2.45) is 0 Å². The van der Waals surface area contributed by atoms with Crippen molar-refractivity contribution in [2.45, 2.75) is 37.9 Å². The Morgan fingerprint density at radius 1 is 1.12 bits per heavy atom. The van der Waals surface area contributed by atoms with Crippen molar-refractivity contribution >= 4 is 29.1 Å². The summed E-state index contributed by atoms with van der Waals surface area (Å²) in [6.45, 7) is 1.94. The number of benzene rings is 2. The summed E-state index contributed by atoms with van der Waals surface area (Å²) in [7, 11) is 0. The summed E-state index contributed by atoms with van der Waals surface area (Å²) >= 11 is 5.26. The first-order valence-electron chi connectivity index (χ1n) is 10.5. The lowest BCUT2D eigenvalue weighted by Crippen LogP contribution is -2.47. The van der Waals surface area contributed by atoms with Crippen LogP contribution in [0.15, 0.2) is 66.9 Å². The molecular weight excluding hydrogens is 446 g/mol. The highest BCUT2D eigenvalue weighted by Gasteiger charge is 2.36. The van der Waals surface area contributed by atoms with Gasteiger partial charge in [0, 0.05) is 0 Å². The van der Waals surface area contributed by atoms with Gasteiger partial charge in [-0.05, 0) is 36.7 Å². The van der Waals surface area contributed by atoms with E-state index < -0.39 is 18.4 Å². The van der Waals surface area contributed by atoms with Crippen LogP contribution in [0.5, 0.6) is 0 Å². The van der Waals surface area contributed by atoms with Crippen molar-refractivity contribution in [1.82, 2.24) is 25.9 Å². The molecular formula is C23H24F2N6OS. The highest BCUT2D eigenvalue weighted by atomic mass is 32.1. The molecule has 172 valence electrons. The number of nitrogens with zero attached hydrogens (tertiary/aromatic N) is 2. The van der Waals surface area contributed by atoms with Crippen LogP contribution in [-0.2, 0) is 0 Å². The topological polar surface area (TPSA) is 83.0 Å². The molecule has 3 aromatic rings. The third-order valence-electron chi connectivity index (χ3n) is 5.57. The maximum atomic E-state index is 13.8. The first-order valence-corrected chi connectivity index (χ1v) is 10.9. The van der Waals surface area contributed by atoms with Gasteiger partial charge in [-0.1, -0.05) is 60.7 Å². The van der Waals surface area contributed by atoms with E-state index in [1.54, 1.807) is 0 Å². The van der Waals surface area contributed by atoms with Crippen molar-refractivity contribution in [2.75, 3.05) is 5.32 Å². The van der Waals surface area contributed by atoms with E-state index in [4.69, 9.17) is 12.2 Å². The lowest BCUT2D eigenvalue weighted by molar-refractivity contribution is 0.0656. The third-order valence-corrected chi connectivity index (χ3v) is 5.79. The molecule has 1 aliphatic rings. The molecule has 0 unspecified atom stereocenters. The number of carbonyl (C=O) groups excluding carboxylic acids is 1. The van der Waals surface area contributed by atoms with Gasteiger partial charge in [-0.15, -0.1) is 0 Å². The number of amides is 1. The SMILES string of the molecule is C[C@H](NC(=S)NNC(=O)c1cnn2c1N[C@H](c1ccccc1)C[C@@H]2C(F)F)c1ccccc1. The maximum Gasteiger partial charge on any atom is 0.275 e. The molecule has 0 saturated heterocycles. The van der Waals surface area contributed by atoms with E-state index in [0.29, 0.717) is 0 Å². The molecule has 3 atom stereocenters. The molecule has 33 heavy (non-hydrogen) atoms. The Morgan fingerprint density at radius 3 is 2.45 bits per heavy atom. The lowest BCUT2D eigenvalue weighted by Gasteiger charge is -2.32. The number of hydrogen-bond donors (Lipinski definition) is 4. The van der Waals surface area contributed by atoms with E-state index in [1.807, 2.05) is 67.6 Å². The number of carbonyl (C=O) groups is 1. The van der Waals surface area contributed by atoms with Crippen molar-refractivity contribution in [3.63, 3.8) is 0 Å². The van der Waals surface area contributed by atoms with E-state index in [1.165, 1.54) is 10.9 Å². The van der Waals surface area contributed by atoms with Crippen LogP contribution in [0.4, 0.5) is 14.6 Å². The molecule has 1 amide bonds. The molecule has 0 bridgehead atoms. The molecule has 2 heterocycles. The first-order chi connectivity index (χ1) is 15.9. The van der Waals surface area contributed by atoms with Crippen LogP contribution >= 0.6 is 12.2 Å². The maximum absolute atomic E-state index is 13.8. The highest BCUT2D eigenvalue weighted by Crippen LogP contribution is 2.39. The molecule has 1 aliphatic heterocycles. The van der Waals surface area contributed by atoms with E-state index in [-0.39, 0.29) is 35.0 Å². The number of hydrazine groups is 1. The summed E-state index contributed by atoms with van der Waals surface area (Å²) in [6.07, 6.45) is -1.19. The first kappa shape index (κ1) is 22.7. The summed E-state index contributed by atoms with van der Waals surface area (Å²) in [5, 5.41) is 10.6. The Labute approximate surface area is 195 Å². The van der Waals surface area contributed by atoms with E-state index in [9.17, 15) is 13.6 Å². The summed E-state index contributed by atoms with van der Waals surface area (Å²) in [4.78, 5) is 12.8. The molecule has 4 N–H and O–H groups in total. The zero-order valence-electron chi connectivity index (χ0n) is 17.8. The van der Waals surface area contributed by atoms with Gasteiger partial charge in [-0.25, -0.2) is 13.5 Å². The van der Waals surface area contributed by atoms with Crippen LogP contribution in [0.2, 0.25) is 0 Å². The number of fused-ring (bicyclic) bond motifs is 1. The molecule has 2 aromatic carbocycles. The number of thiocarbonyl (C=S) groups is 1. The number of anilines is 1. The smallest absolute Gasteiger partial charge is 0.275 e. The Bertz CT molecular complexity index is 1110. The molecule has 0 saturated carbocycles. The van der Waals surface area contributed by atoms with Gasteiger partial charge in [-0.3, -0.25) is 15.6 Å². The van der Waals surface area contributed by atoms with Crippen molar-refractivity contribution in [3.8, 4) is 0 Å². The number of aromatic nitrogens is 2. The lowest BCUT2D eigenvalue weighted by atomic mass is 9.97. The fourth-order valence-corrected chi connectivity index (χ4v) is 4.07. The largest absolute Gasteiger partial charge is 0.363 e. The van der Waals surface area contributed by atoms with E-state index in [0.717, 1.165) is 11.1 Å². The van der Waals surface area contributed by atoms with Crippen LogP contribution in [0.1, 0.15) is 53.0 Å². The molecule has 0 radical (unpaired) electrons. The molecule has 4 rings (SSSR count). The average Bonchev–Trinajstić information content (AvgIpc) is 3.27. The van der Waals surface area contributed by atoms with Gasteiger partial charge in [0.05, 0.1) is 18.3 Å². The zero-order valence-corrected chi connectivity index (χ0v) is 18.7. The summed E-state index contributed by atoms with van der Waals surface area (Å²) in [6, 6.07) is 17.4. The van der Waals surface area contributed by atoms with Crippen LogP contribution in [-0.4, -0.2) is 27.2 Å². The predicted molar refractivity (Wildman–Crippen MR) is 126 cm³/mol. The van der Waals surface area contributed by atoms with Crippen molar-refractivity contribution in [3.05, 3.63) is 83.6 Å². The van der Waals surface area contributed by atoms with Gasteiger partial charge < -0.3 is 10.6 Å². The third kappa shape index (κ3) is 5.11. The summed E-state index contributed by atoms with van der Waals surface area (Å²) in [5.74, 6) is -0.293. The van der Waals surface area contributed by atoms with Gasteiger partial charge in [0.25, 0.3) is 12.3 Å². The Hall–Kier alpha value is -3.53.